The standard InChI is InChI=1S/C19H21N3O5/c1-21-14-6-3-2-5-12(14)9-16(21)19(27)22-8-4-7-15(22)18(26)20-13(11-23)10-17(24)25/h2-3,5-6,9,11,13,15H,4,7-8,10H2,1H3,(H,20,26)(H,24,25)/t13-,15?/m1/s1. The number of carboxylic acid groups (broad SMARTS) is 1. The van der Waals surface area contributed by atoms with Gasteiger partial charge in [0, 0.05) is 24.5 Å². The van der Waals surface area contributed by atoms with Gasteiger partial charge in [-0.2, -0.15) is 0 Å². The largest absolute Gasteiger partial charge is 0.481 e. The number of carbonyl (C=O) groups excluding carboxylic acids is 3. The normalized spacial score (nSPS) is 17.7. The van der Waals surface area contributed by atoms with Crippen molar-refractivity contribution >= 4 is 35.0 Å². The second kappa shape index (κ2) is 7.61. The summed E-state index contributed by atoms with van der Waals surface area (Å²) in [6.07, 6.45) is 1.05. The zero-order chi connectivity index (χ0) is 19.6. The smallest absolute Gasteiger partial charge is 0.305 e. The van der Waals surface area contributed by atoms with Crippen molar-refractivity contribution in [3.63, 3.8) is 0 Å². The van der Waals surface area contributed by atoms with Crippen molar-refractivity contribution in [3.8, 4) is 0 Å². The Morgan fingerprint density at radius 1 is 1.33 bits per heavy atom. The highest BCUT2D eigenvalue weighted by Crippen LogP contribution is 2.24. The van der Waals surface area contributed by atoms with Crippen LogP contribution in [-0.4, -0.2) is 57.3 Å². The van der Waals surface area contributed by atoms with Gasteiger partial charge in [0.05, 0.1) is 12.5 Å². The first-order chi connectivity index (χ1) is 12.9. The molecule has 0 bridgehead atoms. The van der Waals surface area contributed by atoms with Gasteiger partial charge < -0.3 is 24.7 Å². The van der Waals surface area contributed by atoms with Crippen LogP contribution in [0.1, 0.15) is 29.8 Å². The molecule has 142 valence electrons. The number of nitrogens with one attached hydrogen (secondary N) is 1. The van der Waals surface area contributed by atoms with Crippen LogP contribution in [0.5, 0.6) is 0 Å². The van der Waals surface area contributed by atoms with Gasteiger partial charge in [0.15, 0.2) is 0 Å². The lowest BCUT2D eigenvalue weighted by atomic mass is 10.1. The number of rotatable bonds is 6. The summed E-state index contributed by atoms with van der Waals surface area (Å²) in [7, 11) is 1.80. The molecule has 2 N–H and O–H groups in total. The number of fused-ring (bicyclic) bond motifs is 1. The molecule has 2 aromatic rings. The van der Waals surface area contributed by atoms with Crippen LogP contribution in [0.2, 0.25) is 0 Å². The molecule has 0 spiro atoms. The van der Waals surface area contributed by atoms with E-state index in [-0.39, 0.29) is 5.91 Å². The molecule has 0 radical (unpaired) electrons. The quantitative estimate of drug-likeness (QED) is 0.735. The zero-order valence-electron chi connectivity index (χ0n) is 14.9. The Bertz CT molecular complexity index is 904. The van der Waals surface area contributed by atoms with Crippen LogP contribution < -0.4 is 5.32 Å². The SMILES string of the molecule is Cn1c(C(=O)N2CCCC2C(=O)N[C@@H](C=O)CC(=O)O)cc2ccccc21. The van der Waals surface area contributed by atoms with Crippen LogP contribution in [0.25, 0.3) is 10.9 Å². The molecule has 2 atom stereocenters. The van der Waals surface area contributed by atoms with Crippen LogP contribution in [0.3, 0.4) is 0 Å². The zero-order valence-corrected chi connectivity index (χ0v) is 14.9. The second-order valence-electron chi connectivity index (χ2n) is 6.65. The van der Waals surface area contributed by atoms with Gasteiger partial charge in [0.2, 0.25) is 5.91 Å². The number of aldehydes is 1. The van der Waals surface area contributed by atoms with E-state index < -0.39 is 30.4 Å². The molecule has 1 saturated heterocycles. The van der Waals surface area contributed by atoms with Crippen LogP contribution in [0.4, 0.5) is 0 Å². The molecule has 8 nitrogen and oxygen atoms in total. The van der Waals surface area contributed by atoms with E-state index in [2.05, 4.69) is 5.32 Å². The Morgan fingerprint density at radius 2 is 2.07 bits per heavy atom. The third-order valence-electron chi connectivity index (χ3n) is 4.87. The lowest BCUT2D eigenvalue weighted by Crippen LogP contribution is -2.49. The first-order valence-corrected chi connectivity index (χ1v) is 8.75. The molecule has 1 aliphatic heterocycles. The van der Waals surface area contributed by atoms with E-state index in [0.717, 1.165) is 10.9 Å². The highest BCUT2D eigenvalue weighted by Gasteiger charge is 2.36. The summed E-state index contributed by atoms with van der Waals surface area (Å²) in [5.41, 5.74) is 1.40. The number of hydrogen-bond donors (Lipinski definition) is 2. The summed E-state index contributed by atoms with van der Waals surface area (Å²) >= 11 is 0. The Balaban J connectivity index is 1.79. The summed E-state index contributed by atoms with van der Waals surface area (Å²) in [5.74, 6) is -1.94. The molecule has 1 aromatic heterocycles. The number of carboxylic acids is 1. The molecule has 3 rings (SSSR count). The number of carbonyl (C=O) groups is 4. The number of amides is 2. The van der Waals surface area contributed by atoms with E-state index in [9.17, 15) is 19.2 Å². The topological polar surface area (TPSA) is 109 Å². The molecule has 0 aliphatic carbocycles. The summed E-state index contributed by atoms with van der Waals surface area (Å²) < 4.78 is 1.80. The Morgan fingerprint density at radius 3 is 2.74 bits per heavy atom. The van der Waals surface area contributed by atoms with Gasteiger partial charge in [0.25, 0.3) is 5.91 Å². The fourth-order valence-electron chi connectivity index (χ4n) is 3.52. The number of para-hydroxylation sites is 1. The predicted molar refractivity (Wildman–Crippen MR) is 97.2 cm³/mol. The summed E-state index contributed by atoms with van der Waals surface area (Å²) in [4.78, 5) is 48.9. The van der Waals surface area contributed by atoms with Gasteiger partial charge in [0.1, 0.15) is 18.0 Å². The van der Waals surface area contributed by atoms with Gasteiger partial charge in [-0.1, -0.05) is 18.2 Å². The van der Waals surface area contributed by atoms with E-state index in [0.29, 0.717) is 31.4 Å². The fraction of sp³-hybridized carbons (Fsp3) is 0.368. The lowest BCUT2D eigenvalue weighted by molar-refractivity contribution is -0.139. The maximum absolute atomic E-state index is 13.0. The molecule has 2 amide bonds. The summed E-state index contributed by atoms with van der Waals surface area (Å²) in [6, 6.07) is 7.60. The van der Waals surface area contributed by atoms with Crippen molar-refractivity contribution in [3.05, 3.63) is 36.0 Å². The highest BCUT2D eigenvalue weighted by molar-refractivity contribution is 6.01. The van der Waals surface area contributed by atoms with E-state index in [1.807, 2.05) is 24.3 Å². The number of hydrogen-bond acceptors (Lipinski definition) is 4. The van der Waals surface area contributed by atoms with Crippen LogP contribution >= 0.6 is 0 Å². The number of benzene rings is 1. The predicted octanol–water partition coefficient (Wildman–Crippen LogP) is 0.941. The second-order valence-corrected chi connectivity index (χ2v) is 6.65. The maximum atomic E-state index is 13.0. The summed E-state index contributed by atoms with van der Waals surface area (Å²) in [6.45, 7) is 0.434. The van der Waals surface area contributed by atoms with Gasteiger partial charge in [-0.05, 0) is 25.0 Å². The van der Waals surface area contributed by atoms with Crippen LogP contribution in [0.15, 0.2) is 30.3 Å². The van der Waals surface area contributed by atoms with Crippen molar-refractivity contribution in [2.75, 3.05) is 6.54 Å². The molecule has 1 fully saturated rings. The first-order valence-electron chi connectivity index (χ1n) is 8.75. The van der Waals surface area contributed by atoms with Gasteiger partial charge >= 0.3 is 5.97 Å². The van der Waals surface area contributed by atoms with Gasteiger partial charge in [-0.15, -0.1) is 0 Å². The Labute approximate surface area is 155 Å². The number of aromatic nitrogens is 1. The molecule has 2 heterocycles. The summed E-state index contributed by atoms with van der Waals surface area (Å²) in [5, 5.41) is 12.2. The Hall–Kier alpha value is -3.16. The molecule has 8 heteroatoms. The number of aliphatic carboxylic acids is 1. The minimum atomic E-state index is -1.18. The third-order valence-corrected chi connectivity index (χ3v) is 4.87. The van der Waals surface area contributed by atoms with E-state index in [1.54, 1.807) is 17.7 Å². The van der Waals surface area contributed by atoms with Crippen molar-refractivity contribution in [1.29, 1.82) is 0 Å². The molecular formula is C19H21N3O5. The molecule has 1 aliphatic rings. The number of aryl methyl sites for hydroxylation is 1. The van der Waals surface area contributed by atoms with Crippen LogP contribution in [-0.2, 0) is 21.4 Å². The molecule has 0 saturated carbocycles. The number of nitrogens with zero attached hydrogens (tertiary/aromatic N) is 2. The molecule has 27 heavy (non-hydrogen) atoms. The van der Waals surface area contributed by atoms with E-state index in [1.165, 1.54) is 4.90 Å². The van der Waals surface area contributed by atoms with Gasteiger partial charge in [-0.3, -0.25) is 14.4 Å². The van der Waals surface area contributed by atoms with Crippen LogP contribution in [0, 0.1) is 0 Å². The monoisotopic (exact) mass is 371 g/mol. The lowest BCUT2D eigenvalue weighted by Gasteiger charge is -2.25. The van der Waals surface area contributed by atoms with Crippen molar-refractivity contribution in [2.45, 2.75) is 31.3 Å². The van der Waals surface area contributed by atoms with Gasteiger partial charge in [-0.25, -0.2) is 0 Å². The minimum absolute atomic E-state index is 0.257. The first kappa shape index (κ1) is 18.6. The van der Waals surface area contributed by atoms with Crippen molar-refractivity contribution in [2.24, 2.45) is 7.05 Å². The van der Waals surface area contributed by atoms with Crippen molar-refractivity contribution in [1.82, 2.24) is 14.8 Å². The average Bonchev–Trinajstić information content (AvgIpc) is 3.26. The van der Waals surface area contributed by atoms with E-state index in [4.69, 9.17) is 5.11 Å². The maximum Gasteiger partial charge on any atom is 0.305 e. The highest BCUT2D eigenvalue weighted by atomic mass is 16.4. The fourth-order valence-corrected chi connectivity index (χ4v) is 3.52. The Kier molecular flexibility index (Phi) is 5.25. The van der Waals surface area contributed by atoms with Crippen molar-refractivity contribution < 1.29 is 24.3 Å². The number of likely N-dealkylation sites (tertiary alicyclic amines) is 1. The molecule has 1 aromatic carbocycles. The van der Waals surface area contributed by atoms with E-state index >= 15 is 0 Å². The average molecular weight is 371 g/mol. The molecule has 1 unspecified atom stereocenters. The third kappa shape index (κ3) is 3.69. The molecular weight excluding hydrogens is 350 g/mol. The minimum Gasteiger partial charge on any atom is -0.481 e.